The molecule has 4 nitrogen and oxygen atoms in total. The minimum absolute atomic E-state index is 0.131. The number of nitrogens with one attached hydrogen (secondary N) is 2. The quantitative estimate of drug-likeness (QED) is 0.735. The highest BCUT2D eigenvalue weighted by molar-refractivity contribution is 6.08. The van der Waals surface area contributed by atoms with Crippen molar-refractivity contribution >= 4 is 22.5 Å². The molecule has 0 saturated carbocycles. The van der Waals surface area contributed by atoms with Gasteiger partial charge in [0.2, 0.25) is 0 Å². The monoisotopic (exact) mass is 251 g/mol. The number of rotatable bonds is 2. The van der Waals surface area contributed by atoms with E-state index in [4.69, 9.17) is 0 Å². The number of carbonyl (C=O) groups is 1. The van der Waals surface area contributed by atoms with Crippen LogP contribution in [0.1, 0.15) is 16.1 Å². The van der Waals surface area contributed by atoms with E-state index in [0.29, 0.717) is 5.56 Å². The molecule has 0 saturated heterocycles. The smallest absolute Gasteiger partial charge is 0.255 e. The summed E-state index contributed by atoms with van der Waals surface area (Å²) >= 11 is 0. The molecule has 0 unspecified atom stereocenters. The van der Waals surface area contributed by atoms with Crippen molar-refractivity contribution in [3.63, 3.8) is 0 Å². The summed E-state index contributed by atoms with van der Waals surface area (Å²) in [5.41, 5.74) is 3.49. The number of amides is 1. The molecule has 94 valence electrons. The average Bonchev–Trinajstić information content (AvgIpc) is 2.81. The largest absolute Gasteiger partial charge is 0.359 e. The van der Waals surface area contributed by atoms with Crippen molar-refractivity contribution in [1.82, 2.24) is 9.97 Å². The standard InChI is InChI=1S/C15H13N3O/c1-10-9-12-13(17-10)3-2-4-14(12)18-15(19)11-5-7-16-8-6-11/h2-9,17H,1H3,(H,18,19). The summed E-state index contributed by atoms with van der Waals surface area (Å²) in [7, 11) is 0. The highest BCUT2D eigenvalue weighted by Crippen LogP contribution is 2.24. The van der Waals surface area contributed by atoms with Gasteiger partial charge in [-0.2, -0.15) is 0 Å². The molecule has 1 aromatic carbocycles. The third-order valence-electron chi connectivity index (χ3n) is 2.99. The Morgan fingerprint density at radius 2 is 2.00 bits per heavy atom. The molecule has 0 spiro atoms. The Kier molecular flexibility index (Phi) is 2.76. The van der Waals surface area contributed by atoms with Crippen LogP contribution in [0.25, 0.3) is 10.9 Å². The SMILES string of the molecule is Cc1cc2c(NC(=O)c3ccncc3)cccc2[nH]1. The van der Waals surface area contributed by atoms with Gasteiger partial charge in [0.15, 0.2) is 0 Å². The number of hydrogen-bond donors (Lipinski definition) is 2. The first kappa shape index (κ1) is 11.5. The van der Waals surface area contributed by atoms with Crippen LogP contribution in [-0.4, -0.2) is 15.9 Å². The van der Waals surface area contributed by atoms with Crippen molar-refractivity contribution in [2.75, 3.05) is 5.32 Å². The van der Waals surface area contributed by atoms with Crippen LogP contribution in [0.4, 0.5) is 5.69 Å². The Hall–Kier alpha value is -2.62. The first-order valence-corrected chi connectivity index (χ1v) is 6.04. The van der Waals surface area contributed by atoms with E-state index in [-0.39, 0.29) is 5.91 Å². The molecule has 0 aliphatic heterocycles. The lowest BCUT2D eigenvalue weighted by atomic mass is 10.2. The fourth-order valence-electron chi connectivity index (χ4n) is 2.10. The molecule has 0 atom stereocenters. The number of aromatic nitrogens is 2. The summed E-state index contributed by atoms with van der Waals surface area (Å²) in [6.45, 7) is 1.99. The molecule has 2 aromatic heterocycles. The topological polar surface area (TPSA) is 57.8 Å². The minimum Gasteiger partial charge on any atom is -0.359 e. The minimum atomic E-state index is -0.131. The number of benzene rings is 1. The highest BCUT2D eigenvalue weighted by Gasteiger charge is 2.08. The second-order valence-corrected chi connectivity index (χ2v) is 4.41. The van der Waals surface area contributed by atoms with E-state index in [1.807, 2.05) is 31.2 Å². The molecule has 0 aliphatic rings. The Labute approximate surface area is 110 Å². The van der Waals surface area contributed by atoms with E-state index in [2.05, 4.69) is 15.3 Å². The van der Waals surface area contributed by atoms with Crippen LogP contribution in [0, 0.1) is 6.92 Å². The van der Waals surface area contributed by atoms with Gasteiger partial charge in [-0.3, -0.25) is 9.78 Å². The molecule has 2 N–H and O–H groups in total. The summed E-state index contributed by atoms with van der Waals surface area (Å²) < 4.78 is 0. The number of fused-ring (bicyclic) bond motifs is 1. The van der Waals surface area contributed by atoms with Crippen LogP contribution in [-0.2, 0) is 0 Å². The van der Waals surface area contributed by atoms with Crippen LogP contribution in [0.2, 0.25) is 0 Å². The maximum atomic E-state index is 12.1. The molecule has 4 heteroatoms. The fraction of sp³-hybridized carbons (Fsp3) is 0.0667. The van der Waals surface area contributed by atoms with E-state index >= 15 is 0 Å². The van der Waals surface area contributed by atoms with Crippen molar-refractivity contribution in [3.8, 4) is 0 Å². The zero-order valence-corrected chi connectivity index (χ0v) is 10.5. The van der Waals surface area contributed by atoms with Gasteiger partial charge in [0.25, 0.3) is 5.91 Å². The second kappa shape index (κ2) is 4.57. The number of anilines is 1. The third kappa shape index (κ3) is 2.20. The first-order chi connectivity index (χ1) is 9.24. The van der Waals surface area contributed by atoms with Crippen molar-refractivity contribution in [2.45, 2.75) is 6.92 Å². The molecule has 19 heavy (non-hydrogen) atoms. The maximum absolute atomic E-state index is 12.1. The molecule has 0 radical (unpaired) electrons. The normalized spacial score (nSPS) is 10.6. The molecular formula is C15H13N3O. The summed E-state index contributed by atoms with van der Waals surface area (Å²) in [6.07, 6.45) is 3.21. The predicted octanol–water partition coefficient (Wildman–Crippen LogP) is 3.12. The predicted molar refractivity (Wildman–Crippen MR) is 75.2 cm³/mol. The van der Waals surface area contributed by atoms with Crippen LogP contribution in [0.3, 0.4) is 0 Å². The van der Waals surface area contributed by atoms with Crippen molar-refractivity contribution in [3.05, 3.63) is 60.0 Å². The zero-order chi connectivity index (χ0) is 13.2. The lowest BCUT2D eigenvalue weighted by Crippen LogP contribution is -2.11. The summed E-state index contributed by atoms with van der Waals surface area (Å²) in [5, 5.41) is 3.94. The van der Waals surface area contributed by atoms with Gasteiger partial charge in [0, 0.05) is 34.6 Å². The van der Waals surface area contributed by atoms with Crippen molar-refractivity contribution < 1.29 is 4.79 Å². The number of aromatic amines is 1. The van der Waals surface area contributed by atoms with Gasteiger partial charge in [-0.05, 0) is 37.3 Å². The van der Waals surface area contributed by atoms with Gasteiger partial charge in [-0.25, -0.2) is 0 Å². The summed E-state index contributed by atoms with van der Waals surface area (Å²) in [6, 6.07) is 11.2. The maximum Gasteiger partial charge on any atom is 0.255 e. The van der Waals surface area contributed by atoms with Gasteiger partial charge < -0.3 is 10.3 Å². The van der Waals surface area contributed by atoms with Gasteiger partial charge in [-0.1, -0.05) is 6.07 Å². The average molecular weight is 251 g/mol. The summed E-state index contributed by atoms with van der Waals surface area (Å²) in [5.74, 6) is -0.131. The van der Waals surface area contributed by atoms with E-state index < -0.39 is 0 Å². The van der Waals surface area contributed by atoms with Crippen LogP contribution < -0.4 is 5.32 Å². The molecule has 3 aromatic rings. The van der Waals surface area contributed by atoms with Crippen LogP contribution in [0.15, 0.2) is 48.8 Å². The number of carbonyl (C=O) groups excluding carboxylic acids is 1. The summed E-state index contributed by atoms with van der Waals surface area (Å²) in [4.78, 5) is 19.3. The molecule has 1 amide bonds. The molecule has 0 aliphatic carbocycles. The van der Waals surface area contributed by atoms with E-state index in [0.717, 1.165) is 22.3 Å². The Balaban J connectivity index is 1.95. The lowest BCUT2D eigenvalue weighted by molar-refractivity contribution is 0.102. The first-order valence-electron chi connectivity index (χ1n) is 6.04. The Morgan fingerprint density at radius 1 is 1.21 bits per heavy atom. The molecule has 0 bridgehead atoms. The molecule has 3 rings (SSSR count). The fourth-order valence-corrected chi connectivity index (χ4v) is 2.10. The van der Waals surface area contributed by atoms with Crippen LogP contribution in [0.5, 0.6) is 0 Å². The van der Waals surface area contributed by atoms with Gasteiger partial charge in [-0.15, -0.1) is 0 Å². The second-order valence-electron chi connectivity index (χ2n) is 4.41. The number of aryl methyl sites for hydroxylation is 1. The van der Waals surface area contributed by atoms with Gasteiger partial charge in [0.1, 0.15) is 0 Å². The zero-order valence-electron chi connectivity index (χ0n) is 10.5. The van der Waals surface area contributed by atoms with Gasteiger partial charge >= 0.3 is 0 Å². The lowest BCUT2D eigenvalue weighted by Gasteiger charge is -2.06. The Bertz CT molecular complexity index is 731. The van der Waals surface area contributed by atoms with E-state index in [9.17, 15) is 4.79 Å². The number of nitrogens with zero attached hydrogens (tertiary/aromatic N) is 1. The van der Waals surface area contributed by atoms with E-state index in [1.54, 1.807) is 24.5 Å². The number of hydrogen-bond acceptors (Lipinski definition) is 2. The van der Waals surface area contributed by atoms with E-state index in [1.165, 1.54) is 0 Å². The molecular weight excluding hydrogens is 238 g/mol. The third-order valence-corrected chi connectivity index (χ3v) is 2.99. The van der Waals surface area contributed by atoms with Crippen molar-refractivity contribution in [1.29, 1.82) is 0 Å². The number of H-pyrrole nitrogens is 1. The molecule has 0 fully saturated rings. The van der Waals surface area contributed by atoms with Crippen molar-refractivity contribution in [2.24, 2.45) is 0 Å². The number of pyridine rings is 1. The van der Waals surface area contributed by atoms with Crippen LogP contribution >= 0.6 is 0 Å². The Morgan fingerprint density at radius 3 is 2.79 bits per heavy atom. The molecule has 2 heterocycles. The van der Waals surface area contributed by atoms with Gasteiger partial charge in [0.05, 0.1) is 5.69 Å². The highest BCUT2D eigenvalue weighted by atomic mass is 16.1.